The van der Waals surface area contributed by atoms with E-state index in [0.29, 0.717) is 68.5 Å². The first kappa shape index (κ1) is 66.8. The number of benzene rings is 7. The molecule has 0 aliphatic heterocycles. The number of hydrogen-bond donors (Lipinski definition) is 6. The summed E-state index contributed by atoms with van der Waals surface area (Å²) in [7, 11) is 3.67. The molecule has 0 aliphatic rings. The Morgan fingerprint density at radius 2 is 0.824 bits per heavy atom. The van der Waals surface area contributed by atoms with Crippen LogP contribution >= 0.6 is 0 Å². The van der Waals surface area contributed by atoms with Crippen LogP contribution in [-0.2, 0) is 14.1 Å². The molecule has 0 spiro atoms. The van der Waals surface area contributed by atoms with Crippen molar-refractivity contribution in [1.82, 2.24) is 69.4 Å². The lowest BCUT2D eigenvalue weighted by atomic mass is 10.1. The largest absolute Gasteiger partial charge is 0.339 e. The number of aryl methyl sites for hydroxylation is 8. The fourth-order valence-corrected chi connectivity index (χ4v) is 11.0. The van der Waals surface area contributed by atoms with E-state index in [1.807, 2.05) is 232 Å². The molecule has 8 heterocycles. The number of nitrogens with zero attached hydrogens (tertiary/aromatic N) is 14. The van der Waals surface area contributed by atoms with Crippen molar-refractivity contribution in [1.29, 1.82) is 0 Å². The predicted molar refractivity (Wildman–Crippen MR) is 400 cm³/mol. The number of nitrogens with one attached hydrogen (secondary N) is 6. The van der Waals surface area contributed by atoms with E-state index in [-0.39, 0.29) is 17.7 Å². The zero-order valence-electron chi connectivity index (χ0n) is 56.9. The predicted octanol–water partition coefficient (Wildman–Crippen LogP) is 15.8. The van der Waals surface area contributed by atoms with Crippen LogP contribution in [0.15, 0.2) is 232 Å². The first-order valence-corrected chi connectivity index (χ1v) is 32.5. The lowest BCUT2D eigenvalue weighted by molar-refractivity contribution is 0.101. The molecule has 0 atom stereocenters. The average Bonchev–Trinajstić information content (AvgIpc) is 1.49. The first-order valence-electron chi connectivity index (χ1n) is 32.5. The highest BCUT2D eigenvalue weighted by Gasteiger charge is 2.20. The number of amides is 3. The minimum absolute atomic E-state index is 0.169. The standard InChI is InChI=1S/C28H23N5O.C26H23N7O.C25H22N8O/c1-18-7-5-9-22(15-18)30-28(34)20-13-12-19(2)25(16-20)32-27-23-10-3-4-11-24(23)31-26(33-27)21-8-6-14-29-17-21;1-16-6-4-8-20(12-16)28-26(34)18-10-9-17(2)22(13-18)29-24-21-15-33(3)32-25(21)31-23(30-24)19-7-5-11-27-14-19;1-15-5-4-6-19(9-15)29-25(34)17-8-7-16(2)21(10-17)30-23-20-13-28-33(3)24(20)32-22(31-23)18-11-26-14-27-12-18/h3-17H,1-2H3,(H,30,34)(H,31,32,33);4-15H,1-3H3,(H,28,34)(H,29,30,31,32);4-14H,1-3H3,(H,29,34)(H,30,31,32). The van der Waals surface area contributed by atoms with Gasteiger partial charge in [-0.05, 0) is 184 Å². The summed E-state index contributed by atoms with van der Waals surface area (Å²) in [5, 5.41) is 30.3. The number of carbonyl (C=O) groups excluding carboxylic acids is 3. The minimum Gasteiger partial charge on any atom is -0.339 e. The van der Waals surface area contributed by atoms with Crippen LogP contribution in [0.5, 0.6) is 0 Å². The van der Waals surface area contributed by atoms with Gasteiger partial charge >= 0.3 is 0 Å². The molecule has 0 unspecified atom stereocenters. The molecule has 6 N–H and O–H groups in total. The van der Waals surface area contributed by atoms with Crippen LogP contribution in [0.2, 0.25) is 0 Å². The fraction of sp³-hybridized carbons (Fsp3) is 0.101. The highest BCUT2D eigenvalue weighted by atomic mass is 16.2. The van der Waals surface area contributed by atoms with E-state index in [0.717, 1.165) is 100 Å². The normalized spacial score (nSPS) is 10.9. The summed E-state index contributed by atoms with van der Waals surface area (Å²) in [6.07, 6.45) is 15.3. The van der Waals surface area contributed by atoms with Crippen LogP contribution in [0.4, 0.5) is 51.6 Å². The molecule has 0 saturated heterocycles. The van der Waals surface area contributed by atoms with Crippen LogP contribution in [0, 0.1) is 41.5 Å². The molecule has 0 aliphatic carbocycles. The molecule has 502 valence electrons. The van der Waals surface area contributed by atoms with Gasteiger partial charge in [0.2, 0.25) is 0 Å². The van der Waals surface area contributed by atoms with Crippen LogP contribution in [-0.4, -0.2) is 87.1 Å². The Labute approximate surface area is 586 Å². The third-order valence-electron chi connectivity index (χ3n) is 16.4. The molecule has 23 heteroatoms. The van der Waals surface area contributed by atoms with Crippen LogP contribution in [0.1, 0.15) is 64.5 Å². The molecular weight excluding hydrogens is 1280 g/mol. The average molecular weight is 1350 g/mol. The minimum atomic E-state index is -0.190. The highest BCUT2D eigenvalue weighted by Crippen LogP contribution is 2.33. The van der Waals surface area contributed by atoms with Crippen molar-refractivity contribution in [2.24, 2.45) is 14.1 Å². The van der Waals surface area contributed by atoms with Crippen LogP contribution in [0.25, 0.3) is 67.1 Å². The molecule has 23 nitrogen and oxygen atoms in total. The molecule has 7 aromatic carbocycles. The Morgan fingerprint density at radius 1 is 0.382 bits per heavy atom. The topological polar surface area (TPSA) is 288 Å². The van der Waals surface area contributed by atoms with Gasteiger partial charge < -0.3 is 31.9 Å². The second kappa shape index (κ2) is 29.9. The summed E-state index contributed by atoms with van der Waals surface area (Å²) >= 11 is 0. The van der Waals surface area contributed by atoms with Gasteiger partial charge in [-0.1, -0.05) is 66.7 Å². The van der Waals surface area contributed by atoms with Gasteiger partial charge in [-0.2, -0.15) is 10.2 Å². The summed E-state index contributed by atoms with van der Waals surface area (Å²) in [6, 6.07) is 55.2. The van der Waals surface area contributed by atoms with Crippen molar-refractivity contribution in [3.05, 3.63) is 282 Å². The zero-order valence-corrected chi connectivity index (χ0v) is 56.9. The third kappa shape index (κ3) is 15.8. The summed E-state index contributed by atoms with van der Waals surface area (Å²) in [4.78, 5) is 83.5. The van der Waals surface area contributed by atoms with E-state index in [9.17, 15) is 14.4 Å². The lowest BCUT2D eigenvalue weighted by Gasteiger charge is -2.14. The van der Waals surface area contributed by atoms with Crippen LogP contribution in [0.3, 0.4) is 0 Å². The number of aromatic nitrogens is 14. The van der Waals surface area contributed by atoms with Crippen molar-refractivity contribution in [2.45, 2.75) is 41.5 Å². The van der Waals surface area contributed by atoms with Gasteiger partial charge in [-0.25, -0.2) is 39.9 Å². The summed E-state index contributed by atoms with van der Waals surface area (Å²) in [5.74, 6) is 2.90. The van der Waals surface area contributed by atoms with Gasteiger partial charge in [-0.3, -0.25) is 33.7 Å². The molecule has 0 bridgehead atoms. The lowest BCUT2D eigenvalue weighted by Crippen LogP contribution is -2.12. The molecule has 15 rings (SSSR count). The Balaban J connectivity index is 0.000000137. The van der Waals surface area contributed by atoms with Crippen LogP contribution < -0.4 is 31.9 Å². The summed E-state index contributed by atoms with van der Waals surface area (Å²) in [5.41, 5.74) is 16.8. The molecule has 0 fully saturated rings. The van der Waals surface area contributed by atoms with E-state index >= 15 is 0 Å². The number of anilines is 9. The second-order valence-electron chi connectivity index (χ2n) is 24.3. The van der Waals surface area contributed by atoms with E-state index < -0.39 is 0 Å². The van der Waals surface area contributed by atoms with Crippen molar-refractivity contribution in [3.8, 4) is 34.2 Å². The van der Waals surface area contributed by atoms with Gasteiger partial charge in [0.25, 0.3) is 17.7 Å². The Bertz CT molecular complexity index is 5490. The SMILES string of the molecule is Cc1cccc(NC(=O)c2ccc(C)c(Nc3nc(-c4cccnc4)nc4ccccc34)c2)c1.Cc1cccc(NC(=O)c2ccc(C)c(Nc3nc(-c4cccnc4)nc4nn(C)cc34)c2)c1.Cc1cccc(NC(=O)c2ccc(C)c(Nc3nc(-c4cncnc4)nc4c3cnn4C)c2)c1. The van der Waals surface area contributed by atoms with Gasteiger partial charge in [0.05, 0.1) is 28.0 Å². The van der Waals surface area contributed by atoms with Crippen molar-refractivity contribution in [2.75, 3.05) is 31.9 Å². The number of fused-ring (bicyclic) bond motifs is 3. The zero-order chi connectivity index (χ0) is 70.8. The van der Waals surface area contributed by atoms with Gasteiger partial charge in [0, 0.05) is 125 Å². The Hall–Kier alpha value is -13.8. The van der Waals surface area contributed by atoms with E-state index in [2.05, 4.69) is 72.0 Å². The highest BCUT2D eigenvalue weighted by molar-refractivity contribution is 6.07. The van der Waals surface area contributed by atoms with E-state index in [4.69, 9.17) is 19.9 Å². The van der Waals surface area contributed by atoms with E-state index in [1.54, 1.807) is 58.8 Å². The maximum atomic E-state index is 12.9. The molecule has 3 amide bonds. The maximum Gasteiger partial charge on any atom is 0.255 e. The van der Waals surface area contributed by atoms with Gasteiger partial charge in [0.15, 0.2) is 28.8 Å². The number of rotatable bonds is 15. The molecule has 0 saturated carbocycles. The van der Waals surface area contributed by atoms with Crippen molar-refractivity contribution >= 4 is 102 Å². The summed E-state index contributed by atoms with van der Waals surface area (Å²) < 4.78 is 3.39. The summed E-state index contributed by atoms with van der Waals surface area (Å²) in [6.45, 7) is 11.9. The number of hydrogen-bond acceptors (Lipinski definition) is 18. The number of carbonyl (C=O) groups is 3. The molecule has 8 aromatic heterocycles. The van der Waals surface area contributed by atoms with Crippen molar-refractivity contribution < 1.29 is 14.4 Å². The maximum absolute atomic E-state index is 12.9. The molecule has 102 heavy (non-hydrogen) atoms. The molecule has 15 aromatic rings. The van der Waals surface area contributed by atoms with Gasteiger partial charge in [-0.15, -0.1) is 0 Å². The second-order valence-corrected chi connectivity index (χ2v) is 24.3. The van der Waals surface area contributed by atoms with E-state index in [1.165, 1.54) is 6.33 Å². The number of para-hydroxylation sites is 1. The number of pyridine rings is 2. The monoisotopic (exact) mass is 1340 g/mol. The molecule has 0 radical (unpaired) electrons. The smallest absolute Gasteiger partial charge is 0.255 e. The third-order valence-corrected chi connectivity index (χ3v) is 16.4. The fourth-order valence-electron chi connectivity index (χ4n) is 11.0. The van der Waals surface area contributed by atoms with Gasteiger partial charge in [0.1, 0.15) is 23.8 Å². The first-order chi connectivity index (χ1) is 49.5. The quantitative estimate of drug-likeness (QED) is 0.0556. The molecular formula is C79H68N20O3. The Morgan fingerprint density at radius 3 is 1.29 bits per heavy atom. The van der Waals surface area contributed by atoms with Crippen molar-refractivity contribution in [3.63, 3.8) is 0 Å². The Kier molecular flexibility index (Phi) is 19.6.